The van der Waals surface area contributed by atoms with Crippen molar-refractivity contribution in [3.8, 4) is 5.75 Å². The Morgan fingerprint density at radius 1 is 0.968 bits per heavy atom. The molecule has 6 nitrogen and oxygen atoms in total. The minimum absolute atomic E-state index is 0.264. The largest absolute Gasteiger partial charge is 0.493 e. The molecule has 2 aromatic rings. The van der Waals surface area contributed by atoms with Crippen LogP contribution in [-0.2, 0) is 9.53 Å². The lowest BCUT2D eigenvalue weighted by molar-refractivity contribution is -0.111. The maximum absolute atomic E-state index is 12.3. The van der Waals surface area contributed by atoms with Crippen LogP contribution in [0.2, 0.25) is 0 Å². The lowest BCUT2D eigenvalue weighted by Crippen LogP contribution is -2.27. The number of carbonyl (C=O) groups excluding carboxylic acids is 2. The van der Waals surface area contributed by atoms with E-state index in [0.717, 1.165) is 30.8 Å². The zero-order valence-corrected chi connectivity index (χ0v) is 18.6. The number of rotatable bonds is 12. The summed E-state index contributed by atoms with van der Waals surface area (Å²) in [5, 5.41) is 2.79. The number of nitrogens with one attached hydrogen (secondary N) is 1. The Kier molecular flexibility index (Phi) is 10.3. The van der Waals surface area contributed by atoms with E-state index in [-0.39, 0.29) is 11.9 Å². The average Bonchev–Trinajstić information content (AvgIpc) is 2.80. The van der Waals surface area contributed by atoms with Gasteiger partial charge in [-0.1, -0.05) is 39.0 Å². The zero-order valence-electron chi connectivity index (χ0n) is 18.6. The Bertz CT molecular complexity index is 858. The van der Waals surface area contributed by atoms with Crippen LogP contribution in [0.4, 0.5) is 5.69 Å². The summed E-state index contributed by atoms with van der Waals surface area (Å²) in [5.41, 5.74) is 1.90. The number of ether oxygens (including phenoxy) is 2. The standard InChI is InChI=1S/C25H32N2O4/c1-4-18-30-23-10-8-7-9-20(23)13-16-24(28)26-22-14-11-21(12-15-22)25(29)31-19-17-27(5-2)6-3/h7-16H,4-6,17-19H2,1-3H3,(H,26,28)/b16-13+. The maximum Gasteiger partial charge on any atom is 0.338 e. The number of nitrogens with zero attached hydrogens (tertiary/aromatic N) is 1. The van der Waals surface area contributed by atoms with Crippen molar-refractivity contribution in [2.75, 3.05) is 38.2 Å². The van der Waals surface area contributed by atoms with Gasteiger partial charge in [-0.25, -0.2) is 4.79 Å². The number of esters is 1. The van der Waals surface area contributed by atoms with Crippen LogP contribution < -0.4 is 10.1 Å². The molecule has 6 heteroatoms. The van der Waals surface area contributed by atoms with Crippen LogP contribution in [0.25, 0.3) is 6.08 Å². The van der Waals surface area contributed by atoms with Crippen LogP contribution >= 0.6 is 0 Å². The maximum atomic E-state index is 12.3. The molecule has 0 bridgehead atoms. The SMILES string of the molecule is CCCOc1ccccc1/C=C/C(=O)Nc1ccc(C(=O)OCCN(CC)CC)cc1. The first-order valence-electron chi connectivity index (χ1n) is 10.8. The second-order valence-electron chi connectivity index (χ2n) is 6.95. The van der Waals surface area contributed by atoms with E-state index in [1.165, 1.54) is 6.08 Å². The number of carbonyl (C=O) groups is 2. The normalized spacial score (nSPS) is 11.0. The van der Waals surface area contributed by atoms with Gasteiger partial charge in [-0.15, -0.1) is 0 Å². The molecule has 0 unspecified atom stereocenters. The first-order valence-corrected chi connectivity index (χ1v) is 10.8. The van der Waals surface area contributed by atoms with Crippen molar-refractivity contribution in [2.45, 2.75) is 27.2 Å². The molecule has 0 saturated carbocycles. The monoisotopic (exact) mass is 424 g/mol. The number of hydrogen-bond acceptors (Lipinski definition) is 5. The first kappa shape index (κ1) is 24.2. The molecular weight excluding hydrogens is 392 g/mol. The second-order valence-corrected chi connectivity index (χ2v) is 6.95. The fourth-order valence-corrected chi connectivity index (χ4v) is 2.89. The Hall–Kier alpha value is -3.12. The summed E-state index contributed by atoms with van der Waals surface area (Å²) in [6.45, 7) is 9.74. The van der Waals surface area contributed by atoms with Crippen molar-refractivity contribution in [1.29, 1.82) is 0 Å². The lowest BCUT2D eigenvalue weighted by atomic mass is 10.2. The van der Waals surface area contributed by atoms with Crippen molar-refractivity contribution in [2.24, 2.45) is 0 Å². The fraction of sp³-hybridized carbons (Fsp3) is 0.360. The number of para-hydroxylation sites is 1. The van der Waals surface area contributed by atoms with Crippen molar-refractivity contribution >= 4 is 23.6 Å². The quantitative estimate of drug-likeness (QED) is 0.398. The molecule has 0 aliphatic heterocycles. The minimum atomic E-state index is -0.367. The Morgan fingerprint density at radius 3 is 2.35 bits per heavy atom. The van der Waals surface area contributed by atoms with Gasteiger partial charge in [0, 0.05) is 23.9 Å². The molecule has 0 heterocycles. The Morgan fingerprint density at radius 2 is 1.68 bits per heavy atom. The van der Waals surface area contributed by atoms with Gasteiger partial charge in [-0.2, -0.15) is 0 Å². The topological polar surface area (TPSA) is 67.9 Å². The third-order valence-electron chi connectivity index (χ3n) is 4.72. The molecule has 0 aliphatic carbocycles. The van der Waals surface area contributed by atoms with Gasteiger partial charge in [0.25, 0.3) is 0 Å². The van der Waals surface area contributed by atoms with E-state index in [1.807, 2.05) is 31.2 Å². The van der Waals surface area contributed by atoms with E-state index < -0.39 is 0 Å². The predicted molar refractivity (Wildman–Crippen MR) is 124 cm³/mol. The van der Waals surface area contributed by atoms with Gasteiger partial charge in [0.05, 0.1) is 12.2 Å². The van der Waals surface area contributed by atoms with Gasteiger partial charge in [-0.05, 0) is 55.9 Å². The van der Waals surface area contributed by atoms with Gasteiger partial charge < -0.3 is 19.7 Å². The third-order valence-corrected chi connectivity index (χ3v) is 4.72. The number of anilines is 1. The van der Waals surface area contributed by atoms with E-state index >= 15 is 0 Å². The van der Waals surface area contributed by atoms with Gasteiger partial charge >= 0.3 is 5.97 Å². The Balaban J connectivity index is 1.88. The highest BCUT2D eigenvalue weighted by Crippen LogP contribution is 2.20. The first-order chi connectivity index (χ1) is 15.1. The molecule has 0 fully saturated rings. The molecule has 0 saturated heterocycles. The van der Waals surface area contributed by atoms with Crippen LogP contribution in [0.1, 0.15) is 43.1 Å². The molecule has 31 heavy (non-hydrogen) atoms. The fourth-order valence-electron chi connectivity index (χ4n) is 2.89. The van der Waals surface area contributed by atoms with Crippen molar-refractivity contribution < 1.29 is 19.1 Å². The lowest BCUT2D eigenvalue weighted by Gasteiger charge is -2.17. The smallest absolute Gasteiger partial charge is 0.338 e. The van der Waals surface area contributed by atoms with Crippen LogP contribution in [0.3, 0.4) is 0 Å². The molecule has 1 amide bonds. The highest BCUT2D eigenvalue weighted by atomic mass is 16.5. The van der Waals surface area contributed by atoms with Crippen molar-refractivity contribution in [3.63, 3.8) is 0 Å². The van der Waals surface area contributed by atoms with Crippen molar-refractivity contribution in [3.05, 3.63) is 65.7 Å². The van der Waals surface area contributed by atoms with Gasteiger partial charge in [0.2, 0.25) is 5.91 Å². The van der Waals surface area contributed by atoms with E-state index in [2.05, 4.69) is 24.1 Å². The van der Waals surface area contributed by atoms with E-state index in [4.69, 9.17) is 9.47 Å². The number of benzene rings is 2. The molecule has 0 aliphatic rings. The molecule has 1 N–H and O–H groups in total. The van der Waals surface area contributed by atoms with E-state index in [9.17, 15) is 9.59 Å². The summed E-state index contributed by atoms with van der Waals surface area (Å²) in [4.78, 5) is 26.6. The van der Waals surface area contributed by atoms with Crippen LogP contribution in [0.15, 0.2) is 54.6 Å². The van der Waals surface area contributed by atoms with Gasteiger partial charge in [-0.3, -0.25) is 4.79 Å². The highest BCUT2D eigenvalue weighted by Gasteiger charge is 2.09. The number of hydrogen-bond donors (Lipinski definition) is 1. The van der Waals surface area contributed by atoms with Crippen molar-refractivity contribution in [1.82, 2.24) is 4.90 Å². The van der Waals surface area contributed by atoms with Crippen LogP contribution in [-0.4, -0.2) is 49.6 Å². The third kappa shape index (κ3) is 8.26. The Labute approximate surface area is 184 Å². The summed E-state index contributed by atoms with van der Waals surface area (Å²) in [6, 6.07) is 14.2. The molecule has 0 aromatic heterocycles. The van der Waals surface area contributed by atoms with Gasteiger partial charge in [0.15, 0.2) is 0 Å². The summed E-state index contributed by atoms with van der Waals surface area (Å²) in [6.07, 6.45) is 4.10. The summed E-state index contributed by atoms with van der Waals surface area (Å²) in [5.74, 6) is 0.116. The molecular formula is C25H32N2O4. The average molecular weight is 425 g/mol. The summed E-state index contributed by atoms with van der Waals surface area (Å²) >= 11 is 0. The number of likely N-dealkylation sites (N-methyl/N-ethyl adjacent to an activating group) is 1. The van der Waals surface area contributed by atoms with Crippen LogP contribution in [0, 0.1) is 0 Å². The molecule has 2 aromatic carbocycles. The van der Waals surface area contributed by atoms with E-state index in [1.54, 1.807) is 30.3 Å². The highest BCUT2D eigenvalue weighted by molar-refractivity contribution is 6.02. The molecule has 0 radical (unpaired) electrons. The van der Waals surface area contributed by atoms with Gasteiger partial charge in [0.1, 0.15) is 12.4 Å². The summed E-state index contributed by atoms with van der Waals surface area (Å²) in [7, 11) is 0. The minimum Gasteiger partial charge on any atom is -0.493 e. The predicted octanol–water partition coefficient (Wildman–Crippen LogP) is 4.63. The molecule has 0 atom stereocenters. The van der Waals surface area contributed by atoms with Crippen LogP contribution in [0.5, 0.6) is 5.75 Å². The molecule has 0 spiro atoms. The molecule has 166 valence electrons. The second kappa shape index (κ2) is 13.2. The zero-order chi connectivity index (χ0) is 22.5. The molecule has 2 rings (SSSR count). The van der Waals surface area contributed by atoms with E-state index in [0.29, 0.717) is 31.0 Å². The summed E-state index contributed by atoms with van der Waals surface area (Å²) < 4.78 is 11.0. The number of amides is 1.